The second kappa shape index (κ2) is 10.7. The molecule has 0 atom stereocenters. The van der Waals surface area contributed by atoms with Crippen LogP contribution in [0.3, 0.4) is 0 Å². The number of nitrogens with one attached hydrogen (secondary N) is 2. The van der Waals surface area contributed by atoms with Crippen molar-refractivity contribution >= 4 is 23.7 Å². The van der Waals surface area contributed by atoms with Crippen molar-refractivity contribution in [1.82, 2.24) is 5.43 Å². The molecule has 2 N–H and O–H groups in total. The number of rotatable bonds is 9. The van der Waals surface area contributed by atoms with Crippen molar-refractivity contribution in [3.05, 3.63) is 60.2 Å². The first-order valence-electron chi connectivity index (χ1n) is 8.57. The molecular weight excluding hydrogens is 330 g/mol. The quantitative estimate of drug-likeness (QED) is 0.314. The van der Waals surface area contributed by atoms with Gasteiger partial charge in [-0.05, 0) is 30.7 Å². The van der Waals surface area contributed by atoms with Crippen LogP contribution in [0.2, 0.25) is 0 Å². The van der Waals surface area contributed by atoms with Gasteiger partial charge >= 0.3 is 0 Å². The number of unbranched alkanes of at least 4 members (excludes halogenated alkanes) is 1. The number of nitrogens with zero attached hydrogens (tertiary/aromatic N) is 1. The van der Waals surface area contributed by atoms with Crippen LogP contribution < -0.4 is 15.5 Å². The van der Waals surface area contributed by atoms with Crippen molar-refractivity contribution in [2.45, 2.75) is 26.2 Å². The smallest absolute Gasteiger partial charge is 0.249 e. The van der Waals surface area contributed by atoms with Gasteiger partial charge in [-0.25, -0.2) is 5.43 Å². The Morgan fingerprint density at radius 1 is 1.04 bits per heavy atom. The molecule has 0 heterocycles. The average molecular weight is 353 g/mol. The molecule has 0 aliphatic heterocycles. The van der Waals surface area contributed by atoms with Crippen LogP contribution in [-0.4, -0.2) is 24.6 Å². The summed E-state index contributed by atoms with van der Waals surface area (Å²) in [5.74, 6) is -0.174. The van der Waals surface area contributed by atoms with Gasteiger partial charge in [-0.2, -0.15) is 5.10 Å². The molecule has 0 saturated heterocycles. The minimum absolute atomic E-state index is 0.305. The Balaban J connectivity index is 1.82. The van der Waals surface area contributed by atoms with Crippen LogP contribution in [0.5, 0.6) is 5.75 Å². The Labute approximate surface area is 153 Å². The summed E-state index contributed by atoms with van der Waals surface area (Å²) < 4.78 is 5.70. The van der Waals surface area contributed by atoms with Gasteiger partial charge in [0.1, 0.15) is 12.2 Å². The molecule has 2 rings (SSSR count). The highest BCUT2D eigenvalue weighted by molar-refractivity contribution is 6.03. The maximum absolute atomic E-state index is 11.8. The molecule has 0 spiro atoms. The standard InChI is InChI=1S/C20H23N3O3/c1-2-3-13-26-18-12-8-7-9-16(18)15-21-23-20(25)14-19(24)22-17-10-5-4-6-11-17/h4-12,15H,2-3,13-14H2,1H3,(H,22,24)(H,23,25). The fourth-order valence-electron chi connectivity index (χ4n) is 2.13. The predicted octanol–water partition coefficient (Wildman–Crippen LogP) is 3.34. The molecule has 0 radical (unpaired) electrons. The molecule has 2 amide bonds. The molecule has 0 unspecified atom stereocenters. The third-order valence-corrected chi connectivity index (χ3v) is 3.45. The number of hydrogen-bond donors (Lipinski definition) is 2. The fraction of sp³-hybridized carbons (Fsp3) is 0.250. The molecule has 2 aromatic carbocycles. The number of ether oxygens (including phenoxy) is 1. The zero-order valence-electron chi connectivity index (χ0n) is 14.8. The van der Waals surface area contributed by atoms with Crippen molar-refractivity contribution in [2.75, 3.05) is 11.9 Å². The van der Waals surface area contributed by atoms with E-state index in [-0.39, 0.29) is 6.42 Å². The molecule has 0 aliphatic rings. The van der Waals surface area contributed by atoms with Gasteiger partial charge in [0.15, 0.2) is 0 Å². The molecule has 0 aromatic heterocycles. The molecule has 0 saturated carbocycles. The largest absolute Gasteiger partial charge is 0.493 e. The van der Waals surface area contributed by atoms with Gasteiger partial charge in [-0.1, -0.05) is 43.7 Å². The number of carbonyl (C=O) groups is 2. The van der Waals surface area contributed by atoms with Crippen LogP contribution in [-0.2, 0) is 9.59 Å². The zero-order valence-corrected chi connectivity index (χ0v) is 14.8. The van der Waals surface area contributed by atoms with Crippen LogP contribution >= 0.6 is 0 Å². The van der Waals surface area contributed by atoms with Crippen LogP contribution in [0.4, 0.5) is 5.69 Å². The second-order valence-corrected chi connectivity index (χ2v) is 5.62. The molecule has 136 valence electrons. The lowest BCUT2D eigenvalue weighted by molar-refractivity contribution is -0.126. The van der Waals surface area contributed by atoms with E-state index in [0.717, 1.165) is 18.4 Å². The van der Waals surface area contributed by atoms with Crippen molar-refractivity contribution in [3.63, 3.8) is 0 Å². The number of hydrogen-bond acceptors (Lipinski definition) is 4. The Hall–Kier alpha value is -3.15. The maximum Gasteiger partial charge on any atom is 0.249 e. The minimum atomic E-state index is -0.487. The van der Waals surface area contributed by atoms with E-state index < -0.39 is 11.8 Å². The molecular formula is C20H23N3O3. The lowest BCUT2D eigenvalue weighted by Gasteiger charge is -2.08. The van der Waals surface area contributed by atoms with E-state index in [1.54, 1.807) is 24.3 Å². The van der Waals surface area contributed by atoms with E-state index in [4.69, 9.17) is 4.74 Å². The van der Waals surface area contributed by atoms with E-state index in [0.29, 0.717) is 18.0 Å². The summed E-state index contributed by atoms with van der Waals surface area (Å²) >= 11 is 0. The number of amides is 2. The topological polar surface area (TPSA) is 79.8 Å². The lowest BCUT2D eigenvalue weighted by Crippen LogP contribution is -2.24. The highest BCUT2D eigenvalue weighted by atomic mass is 16.5. The Kier molecular flexibility index (Phi) is 7.86. The molecule has 0 aliphatic carbocycles. The lowest BCUT2D eigenvalue weighted by atomic mass is 10.2. The van der Waals surface area contributed by atoms with Crippen molar-refractivity contribution in [2.24, 2.45) is 5.10 Å². The number of benzene rings is 2. The molecule has 0 fully saturated rings. The summed E-state index contributed by atoms with van der Waals surface area (Å²) in [5.41, 5.74) is 3.76. The Morgan fingerprint density at radius 2 is 1.77 bits per heavy atom. The highest BCUT2D eigenvalue weighted by Gasteiger charge is 2.08. The molecule has 0 bridgehead atoms. The van der Waals surface area contributed by atoms with Crippen molar-refractivity contribution in [3.8, 4) is 5.75 Å². The normalized spacial score (nSPS) is 10.5. The monoisotopic (exact) mass is 353 g/mol. The zero-order chi connectivity index (χ0) is 18.6. The van der Waals surface area contributed by atoms with E-state index in [1.807, 2.05) is 30.3 Å². The maximum atomic E-state index is 11.8. The molecule has 26 heavy (non-hydrogen) atoms. The number of carbonyl (C=O) groups excluding carboxylic acids is 2. The average Bonchev–Trinajstić information content (AvgIpc) is 2.64. The summed E-state index contributed by atoms with van der Waals surface area (Å²) in [6.07, 6.45) is 3.23. The fourth-order valence-corrected chi connectivity index (χ4v) is 2.13. The molecule has 6 heteroatoms. The Morgan fingerprint density at radius 3 is 2.54 bits per heavy atom. The van der Waals surface area contributed by atoms with Crippen LogP contribution in [0.1, 0.15) is 31.7 Å². The SMILES string of the molecule is CCCCOc1ccccc1C=NNC(=O)CC(=O)Nc1ccccc1. The molecule has 2 aromatic rings. The number of para-hydroxylation sites is 2. The predicted molar refractivity (Wildman–Crippen MR) is 102 cm³/mol. The van der Waals surface area contributed by atoms with Gasteiger partial charge in [0.05, 0.1) is 12.8 Å². The van der Waals surface area contributed by atoms with Gasteiger partial charge in [0.2, 0.25) is 11.8 Å². The first-order chi connectivity index (χ1) is 12.7. The summed E-state index contributed by atoms with van der Waals surface area (Å²) in [4.78, 5) is 23.6. The van der Waals surface area contributed by atoms with Crippen LogP contribution in [0.25, 0.3) is 0 Å². The van der Waals surface area contributed by atoms with Gasteiger partial charge in [-0.3, -0.25) is 9.59 Å². The first-order valence-corrected chi connectivity index (χ1v) is 8.57. The second-order valence-electron chi connectivity index (χ2n) is 5.62. The summed E-state index contributed by atoms with van der Waals surface area (Å²) in [6, 6.07) is 16.4. The van der Waals surface area contributed by atoms with E-state index in [9.17, 15) is 9.59 Å². The van der Waals surface area contributed by atoms with Crippen molar-refractivity contribution < 1.29 is 14.3 Å². The van der Waals surface area contributed by atoms with Gasteiger partial charge in [-0.15, -0.1) is 0 Å². The summed E-state index contributed by atoms with van der Waals surface area (Å²) in [7, 11) is 0. The summed E-state index contributed by atoms with van der Waals surface area (Å²) in [6.45, 7) is 2.73. The summed E-state index contributed by atoms with van der Waals surface area (Å²) in [5, 5.41) is 6.55. The van der Waals surface area contributed by atoms with E-state index >= 15 is 0 Å². The van der Waals surface area contributed by atoms with Crippen LogP contribution in [0.15, 0.2) is 59.7 Å². The van der Waals surface area contributed by atoms with Crippen molar-refractivity contribution in [1.29, 1.82) is 0 Å². The first kappa shape index (κ1) is 19.2. The third-order valence-electron chi connectivity index (χ3n) is 3.45. The van der Waals surface area contributed by atoms with E-state index in [2.05, 4.69) is 22.8 Å². The number of anilines is 1. The third kappa shape index (κ3) is 6.76. The minimum Gasteiger partial charge on any atom is -0.493 e. The Bertz CT molecular complexity index is 745. The van der Waals surface area contributed by atoms with Gasteiger partial charge in [0.25, 0.3) is 0 Å². The number of hydrazone groups is 1. The molecule has 6 nitrogen and oxygen atoms in total. The van der Waals surface area contributed by atoms with Gasteiger partial charge < -0.3 is 10.1 Å². The van der Waals surface area contributed by atoms with Crippen LogP contribution in [0, 0.1) is 0 Å². The van der Waals surface area contributed by atoms with E-state index in [1.165, 1.54) is 6.21 Å². The highest BCUT2D eigenvalue weighted by Crippen LogP contribution is 2.16. The van der Waals surface area contributed by atoms with Gasteiger partial charge in [0, 0.05) is 11.3 Å².